The van der Waals surface area contributed by atoms with Gasteiger partial charge in [-0.25, -0.2) is 0 Å². The zero-order valence-corrected chi connectivity index (χ0v) is 8.05. The molecule has 0 aliphatic rings. The van der Waals surface area contributed by atoms with Gasteiger partial charge in [0.15, 0.2) is 0 Å². The van der Waals surface area contributed by atoms with Gasteiger partial charge in [0.1, 0.15) is 0 Å². The van der Waals surface area contributed by atoms with Crippen molar-refractivity contribution in [3.05, 3.63) is 24.8 Å². The number of hydrogen-bond acceptors (Lipinski definition) is 1. The summed E-state index contributed by atoms with van der Waals surface area (Å²) < 4.78 is 0. The highest BCUT2D eigenvalue weighted by Crippen LogP contribution is 2.10. The maximum absolute atomic E-state index is 9.45. The third-order valence-electron chi connectivity index (χ3n) is 2.02. The Balaban J connectivity index is 3.37. The van der Waals surface area contributed by atoms with E-state index < -0.39 is 0 Å². The fourth-order valence-corrected chi connectivity index (χ4v) is 1.09. The minimum atomic E-state index is -0.376. The topological polar surface area (TPSA) is 20.2 Å². The van der Waals surface area contributed by atoms with Crippen molar-refractivity contribution in [1.29, 1.82) is 0 Å². The first-order valence-corrected chi connectivity index (χ1v) is 4.71. The van der Waals surface area contributed by atoms with Gasteiger partial charge >= 0.3 is 0 Å². The molecular weight excluding hydrogens is 148 g/mol. The van der Waals surface area contributed by atoms with Crippen LogP contribution in [0.1, 0.15) is 39.0 Å². The van der Waals surface area contributed by atoms with Crippen LogP contribution in [0.2, 0.25) is 0 Å². The fraction of sp³-hybridized carbons (Fsp3) is 0.636. The Labute approximate surface area is 75.8 Å². The van der Waals surface area contributed by atoms with Gasteiger partial charge in [0.05, 0.1) is 6.10 Å². The molecule has 0 radical (unpaired) electrons. The molecule has 0 amide bonds. The molecule has 0 saturated heterocycles. The second-order valence-electron chi connectivity index (χ2n) is 3.14. The molecule has 12 heavy (non-hydrogen) atoms. The van der Waals surface area contributed by atoms with Gasteiger partial charge in [-0.05, 0) is 12.0 Å². The third-order valence-corrected chi connectivity index (χ3v) is 2.02. The number of rotatable bonds is 7. The number of aliphatic hydroxyl groups is 1. The molecule has 0 aromatic rings. The van der Waals surface area contributed by atoms with Gasteiger partial charge in [-0.3, -0.25) is 0 Å². The van der Waals surface area contributed by atoms with Crippen LogP contribution in [0.5, 0.6) is 0 Å². The predicted molar refractivity (Wildman–Crippen MR) is 54.1 cm³/mol. The quantitative estimate of drug-likeness (QED) is 0.457. The van der Waals surface area contributed by atoms with Crippen molar-refractivity contribution in [2.24, 2.45) is 0 Å². The van der Waals surface area contributed by atoms with E-state index in [-0.39, 0.29) is 6.10 Å². The Morgan fingerprint density at radius 1 is 1.42 bits per heavy atom. The van der Waals surface area contributed by atoms with Gasteiger partial charge in [0.2, 0.25) is 0 Å². The molecule has 0 rings (SSSR count). The highest BCUT2D eigenvalue weighted by molar-refractivity contribution is 5.15. The van der Waals surface area contributed by atoms with Gasteiger partial charge in [0.25, 0.3) is 0 Å². The van der Waals surface area contributed by atoms with Crippen LogP contribution in [0.25, 0.3) is 0 Å². The van der Waals surface area contributed by atoms with Crippen LogP contribution in [0.4, 0.5) is 0 Å². The Hall–Kier alpha value is -0.560. The molecule has 0 saturated carbocycles. The van der Waals surface area contributed by atoms with Gasteiger partial charge in [-0.15, -0.1) is 0 Å². The van der Waals surface area contributed by atoms with Crippen molar-refractivity contribution in [3.63, 3.8) is 0 Å². The van der Waals surface area contributed by atoms with Crippen LogP contribution >= 0.6 is 0 Å². The highest BCUT2D eigenvalue weighted by atomic mass is 16.3. The summed E-state index contributed by atoms with van der Waals surface area (Å²) >= 11 is 0. The van der Waals surface area contributed by atoms with Crippen LogP contribution < -0.4 is 0 Å². The van der Waals surface area contributed by atoms with E-state index in [0.29, 0.717) is 0 Å². The summed E-state index contributed by atoms with van der Waals surface area (Å²) in [7, 11) is 0. The Kier molecular flexibility index (Phi) is 6.78. The minimum Gasteiger partial charge on any atom is -0.388 e. The summed E-state index contributed by atoms with van der Waals surface area (Å²) in [5, 5.41) is 9.45. The average molecular weight is 168 g/mol. The predicted octanol–water partition coefficient (Wildman–Crippen LogP) is 3.06. The van der Waals surface area contributed by atoms with Crippen LogP contribution in [0.3, 0.4) is 0 Å². The Morgan fingerprint density at radius 2 is 2.08 bits per heavy atom. The maximum atomic E-state index is 9.45. The number of aliphatic hydroxyl groups excluding tert-OH is 1. The van der Waals surface area contributed by atoms with E-state index in [1.165, 1.54) is 19.3 Å². The first-order valence-electron chi connectivity index (χ1n) is 4.71. The summed E-state index contributed by atoms with van der Waals surface area (Å²) in [6, 6.07) is 0. The number of unbranched alkanes of at least 4 members (excludes halogenated alkanes) is 3. The lowest BCUT2D eigenvalue weighted by Crippen LogP contribution is -2.07. The molecule has 0 fully saturated rings. The molecule has 70 valence electrons. The van der Waals surface area contributed by atoms with Crippen molar-refractivity contribution >= 4 is 0 Å². The van der Waals surface area contributed by atoms with E-state index >= 15 is 0 Å². The van der Waals surface area contributed by atoms with Crippen molar-refractivity contribution in [2.75, 3.05) is 0 Å². The molecule has 0 bridgehead atoms. The first kappa shape index (κ1) is 11.4. The number of hydrogen-bond donors (Lipinski definition) is 1. The van der Waals surface area contributed by atoms with Crippen LogP contribution in [-0.4, -0.2) is 11.2 Å². The van der Waals surface area contributed by atoms with Crippen LogP contribution in [0.15, 0.2) is 24.8 Å². The molecule has 1 N–H and O–H groups in total. The minimum absolute atomic E-state index is 0.376. The van der Waals surface area contributed by atoms with Gasteiger partial charge in [0, 0.05) is 0 Å². The summed E-state index contributed by atoms with van der Waals surface area (Å²) in [5.74, 6) is 0. The second-order valence-corrected chi connectivity index (χ2v) is 3.14. The lowest BCUT2D eigenvalue weighted by molar-refractivity contribution is 0.200. The van der Waals surface area contributed by atoms with Crippen LogP contribution in [0, 0.1) is 0 Å². The first-order chi connectivity index (χ1) is 5.72. The molecule has 0 aromatic heterocycles. The summed E-state index contributed by atoms with van der Waals surface area (Å²) in [6.07, 6.45) is 6.86. The summed E-state index contributed by atoms with van der Waals surface area (Å²) in [5.41, 5.74) is 0.742. The van der Waals surface area contributed by atoms with Crippen molar-refractivity contribution in [1.82, 2.24) is 0 Å². The second kappa shape index (κ2) is 7.11. The van der Waals surface area contributed by atoms with E-state index in [9.17, 15) is 5.11 Å². The standard InChI is InChI=1S/C11H20O/c1-4-6-7-8-9-11(12)10(3)5-2/h5,11-12H,2-4,6-9H2,1H3. The smallest absolute Gasteiger partial charge is 0.0784 e. The third kappa shape index (κ3) is 5.14. The molecule has 1 heteroatoms. The molecule has 0 aliphatic carbocycles. The average Bonchev–Trinajstić information content (AvgIpc) is 2.10. The van der Waals surface area contributed by atoms with E-state index in [1.807, 2.05) is 0 Å². The zero-order valence-electron chi connectivity index (χ0n) is 8.05. The Morgan fingerprint density at radius 3 is 2.58 bits per heavy atom. The molecule has 0 aliphatic heterocycles. The summed E-state index contributed by atoms with van der Waals surface area (Å²) in [4.78, 5) is 0. The lowest BCUT2D eigenvalue weighted by atomic mass is 10.0. The highest BCUT2D eigenvalue weighted by Gasteiger charge is 2.03. The van der Waals surface area contributed by atoms with E-state index in [0.717, 1.165) is 18.4 Å². The van der Waals surface area contributed by atoms with Crippen LogP contribution in [-0.2, 0) is 0 Å². The maximum Gasteiger partial charge on any atom is 0.0784 e. The summed E-state index contributed by atoms with van der Waals surface area (Å²) in [6.45, 7) is 9.45. The molecule has 1 nitrogen and oxygen atoms in total. The normalized spacial score (nSPS) is 12.5. The van der Waals surface area contributed by atoms with Gasteiger partial charge in [-0.1, -0.05) is 51.8 Å². The lowest BCUT2D eigenvalue weighted by Gasteiger charge is -2.09. The van der Waals surface area contributed by atoms with Crippen molar-refractivity contribution in [2.45, 2.75) is 45.1 Å². The van der Waals surface area contributed by atoms with E-state index in [2.05, 4.69) is 20.1 Å². The monoisotopic (exact) mass is 168 g/mol. The van der Waals surface area contributed by atoms with Gasteiger partial charge in [-0.2, -0.15) is 0 Å². The van der Waals surface area contributed by atoms with Crippen molar-refractivity contribution < 1.29 is 5.11 Å². The molecule has 1 unspecified atom stereocenters. The zero-order chi connectivity index (χ0) is 9.40. The molecule has 0 heterocycles. The Bertz CT molecular complexity index is 138. The van der Waals surface area contributed by atoms with E-state index in [4.69, 9.17) is 0 Å². The largest absolute Gasteiger partial charge is 0.388 e. The molecule has 0 aromatic carbocycles. The fourth-order valence-electron chi connectivity index (χ4n) is 1.09. The molecule has 1 atom stereocenters. The molecule has 0 spiro atoms. The van der Waals surface area contributed by atoms with Gasteiger partial charge < -0.3 is 5.11 Å². The van der Waals surface area contributed by atoms with Crippen molar-refractivity contribution in [3.8, 4) is 0 Å². The SMILES string of the molecule is C=CC(=C)C(O)CCCCCC. The molecular formula is C11H20O. The van der Waals surface area contributed by atoms with E-state index in [1.54, 1.807) is 6.08 Å².